The van der Waals surface area contributed by atoms with Gasteiger partial charge in [-0.3, -0.25) is 4.79 Å². The summed E-state index contributed by atoms with van der Waals surface area (Å²) < 4.78 is 5.60. The highest BCUT2D eigenvalue weighted by atomic mass is 32.1. The molecule has 6 heteroatoms. The number of rotatable bonds is 4. The van der Waals surface area contributed by atoms with Crippen molar-refractivity contribution < 1.29 is 9.53 Å². The number of nitrogens with zero attached hydrogens (tertiary/aromatic N) is 2. The first-order valence-corrected chi connectivity index (χ1v) is 6.99. The number of hydrogen-bond donors (Lipinski definition) is 1. The molecule has 1 saturated heterocycles. The van der Waals surface area contributed by atoms with Crippen molar-refractivity contribution in [2.45, 2.75) is 38.5 Å². The molecule has 1 aromatic heterocycles. The third kappa shape index (κ3) is 3.07. The Labute approximate surface area is 111 Å². The van der Waals surface area contributed by atoms with E-state index in [0.29, 0.717) is 13.1 Å². The Hall–Kier alpha value is -0.980. The second kappa shape index (κ2) is 5.77. The standard InChI is InChI=1S/C12H19N3O2S/c1-8-14-9(7-18-8)6-15(2)12(16)11-4-3-10(5-13)17-11/h7,10-11H,3-6,13H2,1-2H3/t10-,11+/m1/s1. The third-order valence-electron chi connectivity index (χ3n) is 3.09. The lowest BCUT2D eigenvalue weighted by Gasteiger charge is -2.20. The molecule has 18 heavy (non-hydrogen) atoms. The van der Waals surface area contributed by atoms with E-state index < -0.39 is 0 Å². The van der Waals surface area contributed by atoms with Crippen LogP contribution < -0.4 is 5.73 Å². The summed E-state index contributed by atoms with van der Waals surface area (Å²) in [5.74, 6) is 0.0246. The highest BCUT2D eigenvalue weighted by Crippen LogP contribution is 2.21. The van der Waals surface area contributed by atoms with Gasteiger partial charge in [-0.1, -0.05) is 0 Å². The molecule has 2 atom stereocenters. The van der Waals surface area contributed by atoms with E-state index in [1.807, 2.05) is 12.3 Å². The largest absolute Gasteiger partial charge is 0.364 e. The molecule has 100 valence electrons. The molecule has 0 saturated carbocycles. The Morgan fingerprint density at radius 1 is 1.67 bits per heavy atom. The summed E-state index contributed by atoms with van der Waals surface area (Å²) >= 11 is 1.60. The van der Waals surface area contributed by atoms with Crippen LogP contribution in [0.1, 0.15) is 23.5 Å². The maximum Gasteiger partial charge on any atom is 0.251 e. The molecule has 1 aromatic rings. The normalized spacial score (nSPS) is 23.3. The summed E-state index contributed by atoms with van der Waals surface area (Å²) in [5.41, 5.74) is 6.47. The molecule has 1 aliphatic heterocycles. The van der Waals surface area contributed by atoms with Crippen molar-refractivity contribution in [3.63, 3.8) is 0 Å². The van der Waals surface area contributed by atoms with Crippen LogP contribution in [0.15, 0.2) is 5.38 Å². The third-order valence-corrected chi connectivity index (χ3v) is 3.91. The van der Waals surface area contributed by atoms with Crippen molar-refractivity contribution in [2.24, 2.45) is 5.73 Å². The van der Waals surface area contributed by atoms with Gasteiger partial charge in [-0.15, -0.1) is 11.3 Å². The van der Waals surface area contributed by atoms with E-state index in [-0.39, 0.29) is 18.1 Å². The summed E-state index contributed by atoms with van der Waals surface area (Å²) in [6.07, 6.45) is 1.34. The molecule has 2 heterocycles. The van der Waals surface area contributed by atoms with Gasteiger partial charge in [0.25, 0.3) is 5.91 Å². The lowest BCUT2D eigenvalue weighted by molar-refractivity contribution is -0.141. The molecule has 0 aliphatic carbocycles. The number of thiazole rings is 1. The quantitative estimate of drug-likeness (QED) is 0.882. The zero-order valence-electron chi connectivity index (χ0n) is 10.8. The zero-order chi connectivity index (χ0) is 13.1. The van der Waals surface area contributed by atoms with Crippen molar-refractivity contribution in [3.8, 4) is 0 Å². The zero-order valence-corrected chi connectivity index (χ0v) is 11.6. The SMILES string of the molecule is Cc1nc(CN(C)C(=O)[C@@H]2CC[C@H](CN)O2)cs1. The number of nitrogens with two attached hydrogens (primary N) is 1. The van der Waals surface area contributed by atoms with E-state index in [2.05, 4.69) is 4.98 Å². The number of ether oxygens (including phenoxy) is 1. The smallest absolute Gasteiger partial charge is 0.251 e. The second-order valence-electron chi connectivity index (χ2n) is 4.61. The second-order valence-corrected chi connectivity index (χ2v) is 5.67. The fourth-order valence-corrected chi connectivity index (χ4v) is 2.71. The van der Waals surface area contributed by atoms with E-state index >= 15 is 0 Å². The Morgan fingerprint density at radius 3 is 3.00 bits per heavy atom. The van der Waals surface area contributed by atoms with Gasteiger partial charge in [-0.25, -0.2) is 4.98 Å². The maximum absolute atomic E-state index is 12.2. The summed E-state index contributed by atoms with van der Waals surface area (Å²) in [5, 5.41) is 3.00. The van der Waals surface area contributed by atoms with Gasteiger partial charge in [0.15, 0.2) is 0 Å². The molecule has 1 fully saturated rings. The average molecular weight is 269 g/mol. The number of carbonyl (C=O) groups is 1. The van der Waals surface area contributed by atoms with Crippen LogP contribution in [0.3, 0.4) is 0 Å². The highest BCUT2D eigenvalue weighted by molar-refractivity contribution is 7.09. The van der Waals surface area contributed by atoms with E-state index in [0.717, 1.165) is 23.5 Å². The van der Waals surface area contributed by atoms with Gasteiger partial charge < -0.3 is 15.4 Å². The number of aromatic nitrogens is 1. The topological polar surface area (TPSA) is 68.5 Å². The molecule has 0 bridgehead atoms. The predicted octanol–water partition coefficient (Wildman–Crippen LogP) is 0.916. The Morgan fingerprint density at radius 2 is 2.44 bits per heavy atom. The molecule has 5 nitrogen and oxygen atoms in total. The van der Waals surface area contributed by atoms with Crippen LogP contribution in [0.5, 0.6) is 0 Å². The lowest BCUT2D eigenvalue weighted by atomic mass is 10.2. The average Bonchev–Trinajstić information content (AvgIpc) is 2.97. The molecule has 0 unspecified atom stereocenters. The van der Waals surface area contributed by atoms with Crippen molar-refractivity contribution in [1.82, 2.24) is 9.88 Å². The number of amides is 1. The molecule has 2 N–H and O–H groups in total. The molecule has 2 rings (SSSR count). The maximum atomic E-state index is 12.2. The minimum Gasteiger partial charge on any atom is -0.364 e. The van der Waals surface area contributed by atoms with Crippen LogP contribution in [0, 0.1) is 6.92 Å². The number of carbonyl (C=O) groups excluding carboxylic acids is 1. The van der Waals surface area contributed by atoms with Crippen molar-refractivity contribution in [2.75, 3.05) is 13.6 Å². The van der Waals surface area contributed by atoms with E-state index in [9.17, 15) is 4.79 Å². The van der Waals surface area contributed by atoms with Gasteiger partial charge in [-0.05, 0) is 19.8 Å². The van der Waals surface area contributed by atoms with Crippen LogP contribution in [-0.4, -0.2) is 41.6 Å². The van der Waals surface area contributed by atoms with Crippen LogP contribution in [0.2, 0.25) is 0 Å². The first kappa shape index (κ1) is 13.5. The predicted molar refractivity (Wildman–Crippen MR) is 70.3 cm³/mol. The highest BCUT2D eigenvalue weighted by Gasteiger charge is 2.31. The molecule has 1 aliphatic rings. The number of aryl methyl sites for hydroxylation is 1. The first-order valence-electron chi connectivity index (χ1n) is 6.11. The summed E-state index contributed by atoms with van der Waals surface area (Å²) in [4.78, 5) is 18.2. The monoisotopic (exact) mass is 269 g/mol. The van der Waals surface area contributed by atoms with Gasteiger partial charge in [0.1, 0.15) is 6.10 Å². The summed E-state index contributed by atoms with van der Waals surface area (Å²) in [6, 6.07) is 0. The molecular formula is C12H19N3O2S. The van der Waals surface area contributed by atoms with Crippen LogP contribution in [0.25, 0.3) is 0 Å². The molecular weight excluding hydrogens is 250 g/mol. The number of hydrogen-bond acceptors (Lipinski definition) is 5. The van der Waals surface area contributed by atoms with Gasteiger partial charge >= 0.3 is 0 Å². The Bertz CT molecular complexity index is 421. The van der Waals surface area contributed by atoms with Crippen LogP contribution in [-0.2, 0) is 16.1 Å². The lowest BCUT2D eigenvalue weighted by Crippen LogP contribution is -2.36. The Balaban J connectivity index is 1.89. The van der Waals surface area contributed by atoms with Crippen molar-refractivity contribution in [1.29, 1.82) is 0 Å². The van der Waals surface area contributed by atoms with Gasteiger partial charge in [0, 0.05) is 19.0 Å². The first-order chi connectivity index (χ1) is 8.60. The molecule has 0 radical (unpaired) electrons. The van der Waals surface area contributed by atoms with Gasteiger partial charge in [0.2, 0.25) is 0 Å². The summed E-state index contributed by atoms with van der Waals surface area (Å²) in [6.45, 7) is 2.98. The molecule has 1 amide bonds. The van der Waals surface area contributed by atoms with Gasteiger partial charge in [-0.2, -0.15) is 0 Å². The molecule has 0 spiro atoms. The van der Waals surface area contributed by atoms with E-state index in [1.54, 1.807) is 23.3 Å². The number of likely N-dealkylation sites (N-methyl/N-ethyl adjacent to an activating group) is 1. The van der Waals surface area contributed by atoms with E-state index in [1.165, 1.54) is 0 Å². The van der Waals surface area contributed by atoms with E-state index in [4.69, 9.17) is 10.5 Å². The minimum absolute atomic E-state index is 0.0246. The Kier molecular flexibility index (Phi) is 4.31. The minimum atomic E-state index is -0.330. The van der Waals surface area contributed by atoms with Crippen LogP contribution in [0.4, 0.5) is 0 Å². The molecule has 0 aromatic carbocycles. The van der Waals surface area contributed by atoms with Crippen molar-refractivity contribution >= 4 is 17.2 Å². The fourth-order valence-electron chi connectivity index (χ4n) is 2.11. The van der Waals surface area contributed by atoms with Crippen molar-refractivity contribution in [3.05, 3.63) is 16.1 Å². The summed E-state index contributed by atoms with van der Waals surface area (Å²) in [7, 11) is 1.79. The fraction of sp³-hybridized carbons (Fsp3) is 0.667. The van der Waals surface area contributed by atoms with Gasteiger partial charge in [0.05, 0.1) is 23.4 Å². The van der Waals surface area contributed by atoms with Crippen LogP contribution >= 0.6 is 11.3 Å².